The van der Waals surface area contributed by atoms with E-state index in [0.29, 0.717) is 45.4 Å². The van der Waals surface area contributed by atoms with Crippen molar-refractivity contribution in [3.63, 3.8) is 0 Å². The molecule has 8 nitrogen and oxygen atoms in total. The van der Waals surface area contributed by atoms with Crippen LogP contribution < -0.4 is 9.47 Å². The zero-order valence-corrected chi connectivity index (χ0v) is 28.0. The van der Waals surface area contributed by atoms with E-state index < -0.39 is 23.5 Å². The fraction of sp³-hybridized carbons (Fsp3) is 0.225. The molecule has 0 aliphatic carbocycles. The smallest absolute Gasteiger partial charge is 0.337 e. The molecule has 9 heteroatoms. The number of carbonyl (C=O) groups is 1. The first-order valence-corrected chi connectivity index (χ1v) is 16.1. The van der Waals surface area contributed by atoms with Crippen molar-refractivity contribution in [2.45, 2.75) is 59.5 Å². The van der Waals surface area contributed by atoms with Gasteiger partial charge in [-0.1, -0.05) is 48.5 Å². The lowest BCUT2D eigenvalue weighted by atomic mass is 9.98. The quantitative estimate of drug-likeness (QED) is 0.203. The van der Waals surface area contributed by atoms with E-state index in [4.69, 9.17) is 24.3 Å². The number of carboxylic acid groups (broad SMARTS) is 1. The normalized spacial score (nSPS) is 13.4. The van der Waals surface area contributed by atoms with Crippen LogP contribution in [-0.4, -0.2) is 31.3 Å². The van der Waals surface area contributed by atoms with Crippen molar-refractivity contribution in [3.8, 4) is 45.1 Å². The van der Waals surface area contributed by atoms with Crippen molar-refractivity contribution in [2.24, 2.45) is 0 Å². The second-order valence-corrected chi connectivity index (χ2v) is 13.3. The van der Waals surface area contributed by atoms with Crippen molar-refractivity contribution in [1.82, 2.24) is 14.6 Å². The number of hydrogen-bond donors (Lipinski definition) is 1. The predicted octanol–water partition coefficient (Wildman–Crippen LogP) is 8.90. The minimum absolute atomic E-state index is 0.238. The van der Waals surface area contributed by atoms with Crippen LogP contribution in [0.4, 0.5) is 4.39 Å². The zero-order chi connectivity index (χ0) is 34.4. The fourth-order valence-corrected chi connectivity index (χ4v) is 6.19. The highest BCUT2D eigenvalue weighted by atomic mass is 19.1. The second-order valence-electron chi connectivity index (χ2n) is 13.3. The van der Waals surface area contributed by atoms with Crippen molar-refractivity contribution in [2.75, 3.05) is 0 Å². The summed E-state index contributed by atoms with van der Waals surface area (Å²) in [6.45, 7) is 9.75. The molecule has 1 N–H and O–H groups in total. The molecule has 0 radical (unpaired) electrons. The molecule has 0 unspecified atom stereocenters. The van der Waals surface area contributed by atoms with E-state index in [2.05, 4.69) is 0 Å². The van der Waals surface area contributed by atoms with E-state index in [1.807, 2.05) is 100 Å². The van der Waals surface area contributed by atoms with Crippen LogP contribution in [0.1, 0.15) is 54.8 Å². The molecule has 8 bridgehead atoms. The van der Waals surface area contributed by atoms with Crippen LogP contribution in [0.25, 0.3) is 39.3 Å². The number of hydrogen-bond acceptors (Lipinski definition) is 6. The molecule has 2 aromatic heterocycles. The number of nitrogens with zero attached hydrogens (tertiary/aromatic N) is 3. The van der Waals surface area contributed by atoms with Crippen LogP contribution in [-0.2, 0) is 22.7 Å². The molecule has 0 spiro atoms. The van der Waals surface area contributed by atoms with E-state index in [1.165, 1.54) is 12.1 Å². The van der Waals surface area contributed by atoms with Crippen molar-refractivity contribution in [1.29, 1.82) is 0 Å². The number of rotatable bonds is 3. The molecule has 0 amide bonds. The van der Waals surface area contributed by atoms with E-state index in [1.54, 1.807) is 17.5 Å². The Labute approximate surface area is 283 Å². The summed E-state index contributed by atoms with van der Waals surface area (Å²) in [5.41, 5.74) is 7.66. The number of carboxylic acids is 1. The van der Waals surface area contributed by atoms with Crippen LogP contribution in [0.15, 0.2) is 91.0 Å². The molecular formula is C40H36FN3O5. The minimum Gasteiger partial charge on any atom is -0.489 e. The maximum atomic E-state index is 14.5. The molecule has 6 aromatic rings. The summed E-state index contributed by atoms with van der Waals surface area (Å²) in [7, 11) is 0. The molecule has 3 heterocycles. The Morgan fingerprint density at radius 1 is 0.857 bits per heavy atom. The van der Waals surface area contributed by atoms with Gasteiger partial charge in [0.1, 0.15) is 30.5 Å². The van der Waals surface area contributed by atoms with Gasteiger partial charge in [0.2, 0.25) is 0 Å². The number of aliphatic carboxylic acids is 1. The Bertz CT molecular complexity index is 2240. The van der Waals surface area contributed by atoms with E-state index in [0.717, 1.165) is 33.4 Å². The first-order chi connectivity index (χ1) is 23.4. The fourth-order valence-electron chi connectivity index (χ4n) is 6.19. The summed E-state index contributed by atoms with van der Waals surface area (Å²) in [4.78, 5) is 17.7. The van der Waals surface area contributed by atoms with Crippen molar-refractivity contribution < 1.29 is 28.5 Å². The summed E-state index contributed by atoms with van der Waals surface area (Å²) in [5, 5.41) is 15.5. The van der Waals surface area contributed by atoms with Crippen LogP contribution in [0.5, 0.6) is 11.5 Å². The second kappa shape index (κ2) is 12.5. The summed E-state index contributed by atoms with van der Waals surface area (Å²) in [5.74, 6) is -0.473. The number of aryl methyl sites for hydroxylation is 2. The van der Waals surface area contributed by atoms with Crippen molar-refractivity contribution in [3.05, 3.63) is 125 Å². The molecule has 4 aromatic carbocycles. The average Bonchev–Trinajstić information content (AvgIpc) is 3.48. The molecule has 248 valence electrons. The van der Waals surface area contributed by atoms with Gasteiger partial charge in [0.05, 0.1) is 17.0 Å². The van der Waals surface area contributed by atoms with E-state index >= 15 is 0 Å². The third-order valence-electron chi connectivity index (χ3n) is 8.44. The molecule has 49 heavy (non-hydrogen) atoms. The van der Waals surface area contributed by atoms with Gasteiger partial charge in [0, 0.05) is 40.1 Å². The Kier molecular flexibility index (Phi) is 8.16. The van der Waals surface area contributed by atoms with Gasteiger partial charge in [-0.25, -0.2) is 18.7 Å². The van der Waals surface area contributed by atoms with E-state index in [-0.39, 0.29) is 13.2 Å². The molecule has 1 aliphatic heterocycles. The first-order valence-electron chi connectivity index (χ1n) is 16.1. The predicted molar refractivity (Wildman–Crippen MR) is 185 cm³/mol. The largest absolute Gasteiger partial charge is 0.489 e. The highest BCUT2D eigenvalue weighted by molar-refractivity contribution is 5.82. The molecule has 1 atom stereocenters. The van der Waals surface area contributed by atoms with Gasteiger partial charge in [-0.3, -0.25) is 0 Å². The maximum Gasteiger partial charge on any atom is 0.337 e. The highest BCUT2D eigenvalue weighted by Crippen LogP contribution is 2.39. The van der Waals surface area contributed by atoms with Crippen LogP contribution in [0.3, 0.4) is 0 Å². The lowest BCUT2D eigenvalue weighted by Crippen LogP contribution is -2.29. The number of benzene rings is 4. The Morgan fingerprint density at radius 2 is 1.57 bits per heavy atom. The van der Waals surface area contributed by atoms with Crippen LogP contribution >= 0.6 is 0 Å². The van der Waals surface area contributed by atoms with Gasteiger partial charge in [-0.05, 0) is 87.2 Å². The number of fused-ring (bicyclic) bond motifs is 11. The lowest BCUT2D eigenvalue weighted by Gasteiger charge is -2.27. The van der Waals surface area contributed by atoms with Crippen LogP contribution in [0, 0.1) is 19.7 Å². The van der Waals surface area contributed by atoms with Gasteiger partial charge in [0.15, 0.2) is 11.8 Å². The number of halogens is 1. The summed E-state index contributed by atoms with van der Waals surface area (Å²) < 4.78 is 35.0. The molecule has 7 rings (SSSR count). The molecule has 0 saturated heterocycles. The number of ether oxygens (including phenoxy) is 3. The Hall–Kier alpha value is -5.54. The number of aromatic nitrogens is 3. The molecule has 0 saturated carbocycles. The standard InChI is InChI=1S/C40H36FN3O5/c1-23-12-13-29-18-33(23)47-21-25-8-6-9-26(16-25)22-48-34-19-30(41)14-15-31(34)27-10-7-11-28(17-27)32-20-35-42-24(2)36(37(29)44(35)43-32)38(39(45)46)49-40(3,4)5/h6-20,38H,21-22H2,1-5H3,(H,45,46)/t38-/m0/s1. The van der Waals surface area contributed by atoms with Gasteiger partial charge in [-0.15, -0.1) is 0 Å². The van der Waals surface area contributed by atoms with Crippen LogP contribution in [0.2, 0.25) is 0 Å². The lowest BCUT2D eigenvalue weighted by molar-refractivity contribution is -0.160. The maximum absolute atomic E-state index is 14.5. The minimum atomic E-state index is -1.32. The Morgan fingerprint density at radius 3 is 2.31 bits per heavy atom. The summed E-state index contributed by atoms with van der Waals surface area (Å²) >= 11 is 0. The molecular weight excluding hydrogens is 621 g/mol. The van der Waals surface area contributed by atoms with E-state index in [9.17, 15) is 14.3 Å². The van der Waals surface area contributed by atoms with Gasteiger partial charge < -0.3 is 19.3 Å². The molecule has 1 aliphatic rings. The monoisotopic (exact) mass is 657 g/mol. The van der Waals surface area contributed by atoms with Gasteiger partial charge in [-0.2, -0.15) is 5.10 Å². The average molecular weight is 658 g/mol. The van der Waals surface area contributed by atoms with Crippen molar-refractivity contribution >= 4 is 11.6 Å². The van der Waals surface area contributed by atoms with Gasteiger partial charge >= 0.3 is 5.97 Å². The Balaban J connectivity index is 1.50. The SMILES string of the molecule is Cc1ccc2cc1OCc1cccc(c1)COc1cc(F)ccc1-c1cccc(c1)-c1cc3nc(C)c([C@H](OC(C)(C)C)C(=O)O)c-2n3n1. The highest BCUT2D eigenvalue weighted by Gasteiger charge is 2.33. The summed E-state index contributed by atoms with van der Waals surface area (Å²) in [6, 6.07) is 27.9. The van der Waals surface area contributed by atoms with Gasteiger partial charge in [0.25, 0.3) is 0 Å². The molecule has 0 fully saturated rings. The third-order valence-corrected chi connectivity index (χ3v) is 8.44. The first kappa shape index (κ1) is 32.0. The topological polar surface area (TPSA) is 95.2 Å². The zero-order valence-electron chi connectivity index (χ0n) is 28.0. The third kappa shape index (κ3) is 6.49. The summed E-state index contributed by atoms with van der Waals surface area (Å²) in [6.07, 6.45) is -1.32.